The average Bonchev–Trinajstić information content (AvgIpc) is 2.30. The van der Waals surface area contributed by atoms with Crippen LogP contribution in [-0.2, 0) is 6.54 Å². The standard InChI is InChI=1S/C14H21NO/c1-11-6-2-3-7-12(11)10-15-13-8-4-5-9-14(13)16/h2-3,6-7,13-16H,4-5,8-10H2,1H3/t13-,14-/m1/s1. The summed E-state index contributed by atoms with van der Waals surface area (Å²) >= 11 is 0. The topological polar surface area (TPSA) is 32.3 Å². The molecule has 0 aromatic heterocycles. The van der Waals surface area contributed by atoms with Crippen LogP contribution in [0.2, 0.25) is 0 Å². The number of aliphatic hydroxyl groups is 1. The molecule has 2 heteroatoms. The summed E-state index contributed by atoms with van der Waals surface area (Å²) in [4.78, 5) is 0. The molecule has 1 aliphatic rings. The average molecular weight is 219 g/mol. The van der Waals surface area contributed by atoms with Gasteiger partial charge in [0.15, 0.2) is 0 Å². The fraction of sp³-hybridized carbons (Fsp3) is 0.571. The Kier molecular flexibility index (Phi) is 3.97. The normalized spacial score (nSPS) is 25.6. The molecule has 0 heterocycles. The van der Waals surface area contributed by atoms with Gasteiger partial charge in [-0.3, -0.25) is 0 Å². The first-order chi connectivity index (χ1) is 7.77. The summed E-state index contributed by atoms with van der Waals surface area (Å²) in [5.74, 6) is 0. The fourth-order valence-corrected chi connectivity index (χ4v) is 2.40. The quantitative estimate of drug-likeness (QED) is 0.818. The van der Waals surface area contributed by atoms with Crippen LogP contribution < -0.4 is 5.32 Å². The van der Waals surface area contributed by atoms with E-state index in [1.165, 1.54) is 24.0 Å². The molecule has 88 valence electrons. The van der Waals surface area contributed by atoms with Crippen LogP contribution in [0, 0.1) is 6.92 Å². The molecule has 2 N–H and O–H groups in total. The maximum absolute atomic E-state index is 9.85. The Labute approximate surface area is 97.7 Å². The first-order valence-corrected chi connectivity index (χ1v) is 6.23. The fourth-order valence-electron chi connectivity index (χ4n) is 2.40. The van der Waals surface area contributed by atoms with Crippen LogP contribution in [0.1, 0.15) is 36.8 Å². The number of aryl methyl sites for hydroxylation is 1. The molecule has 0 saturated heterocycles. The second-order valence-electron chi connectivity index (χ2n) is 4.77. The van der Waals surface area contributed by atoms with E-state index in [0.29, 0.717) is 0 Å². The van der Waals surface area contributed by atoms with Crippen molar-refractivity contribution in [2.45, 2.75) is 51.3 Å². The molecular weight excluding hydrogens is 198 g/mol. The number of benzene rings is 1. The van der Waals surface area contributed by atoms with Crippen molar-refractivity contribution in [2.75, 3.05) is 0 Å². The van der Waals surface area contributed by atoms with E-state index in [1.807, 2.05) is 0 Å². The van der Waals surface area contributed by atoms with Gasteiger partial charge in [-0.25, -0.2) is 0 Å². The van der Waals surface area contributed by atoms with Crippen molar-refractivity contribution in [1.82, 2.24) is 5.32 Å². The van der Waals surface area contributed by atoms with Crippen molar-refractivity contribution in [3.8, 4) is 0 Å². The van der Waals surface area contributed by atoms with Gasteiger partial charge in [0.25, 0.3) is 0 Å². The predicted octanol–water partition coefficient (Wildman–Crippen LogP) is 2.39. The molecule has 0 amide bonds. The van der Waals surface area contributed by atoms with Gasteiger partial charge < -0.3 is 10.4 Å². The van der Waals surface area contributed by atoms with Gasteiger partial charge in [-0.05, 0) is 30.9 Å². The highest BCUT2D eigenvalue weighted by atomic mass is 16.3. The highest BCUT2D eigenvalue weighted by Crippen LogP contribution is 2.19. The predicted molar refractivity (Wildman–Crippen MR) is 66.3 cm³/mol. The van der Waals surface area contributed by atoms with E-state index in [2.05, 4.69) is 36.5 Å². The van der Waals surface area contributed by atoms with Crippen LogP contribution >= 0.6 is 0 Å². The monoisotopic (exact) mass is 219 g/mol. The third-order valence-corrected chi connectivity index (χ3v) is 3.55. The Morgan fingerprint density at radius 1 is 1.25 bits per heavy atom. The van der Waals surface area contributed by atoms with Crippen LogP contribution in [0.5, 0.6) is 0 Å². The van der Waals surface area contributed by atoms with E-state index in [-0.39, 0.29) is 12.1 Å². The van der Waals surface area contributed by atoms with Crippen molar-refractivity contribution in [1.29, 1.82) is 0 Å². The van der Waals surface area contributed by atoms with E-state index >= 15 is 0 Å². The van der Waals surface area contributed by atoms with E-state index in [4.69, 9.17) is 0 Å². The Balaban J connectivity index is 1.89. The summed E-state index contributed by atoms with van der Waals surface area (Å²) in [6.07, 6.45) is 4.31. The Bertz CT molecular complexity index is 337. The minimum atomic E-state index is -0.155. The maximum atomic E-state index is 9.85. The van der Waals surface area contributed by atoms with Crippen molar-refractivity contribution >= 4 is 0 Å². The number of aliphatic hydroxyl groups excluding tert-OH is 1. The molecule has 1 aliphatic carbocycles. The molecule has 1 saturated carbocycles. The lowest BCUT2D eigenvalue weighted by Gasteiger charge is -2.28. The zero-order valence-corrected chi connectivity index (χ0v) is 9.95. The van der Waals surface area contributed by atoms with Crippen LogP contribution in [0.3, 0.4) is 0 Å². The SMILES string of the molecule is Cc1ccccc1CN[C@@H]1CCCC[C@H]1O. The summed E-state index contributed by atoms with van der Waals surface area (Å²) in [6.45, 7) is 3.00. The Hall–Kier alpha value is -0.860. The van der Waals surface area contributed by atoms with Crippen LogP contribution in [-0.4, -0.2) is 17.3 Å². The highest BCUT2D eigenvalue weighted by molar-refractivity contribution is 5.25. The molecule has 2 rings (SSSR count). The molecule has 0 unspecified atom stereocenters. The third-order valence-electron chi connectivity index (χ3n) is 3.55. The summed E-state index contributed by atoms with van der Waals surface area (Å²) in [5.41, 5.74) is 2.65. The molecule has 16 heavy (non-hydrogen) atoms. The Morgan fingerprint density at radius 3 is 2.75 bits per heavy atom. The second-order valence-corrected chi connectivity index (χ2v) is 4.77. The summed E-state index contributed by atoms with van der Waals surface area (Å²) < 4.78 is 0. The molecule has 0 radical (unpaired) electrons. The zero-order valence-electron chi connectivity index (χ0n) is 9.95. The lowest BCUT2D eigenvalue weighted by molar-refractivity contribution is 0.0902. The summed E-state index contributed by atoms with van der Waals surface area (Å²) in [7, 11) is 0. The molecule has 0 spiro atoms. The number of rotatable bonds is 3. The van der Waals surface area contributed by atoms with E-state index < -0.39 is 0 Å². The number of nitrogens with one attached hydrogen (secondary N) is 1. The molecule has 1 fully saturated rings. The number of hydrogen-bond donors (Lipinski definition) is 2. The van der Waals surface area contributed by atoms with E-state index in [0.717, 1.165) is 19.4 Å². The zero-order chi connectivity index (χ0) is 11.4. The van der Waals surface area contributed by atoms with Crippen molar-refractivity contribution in [2.24, 2.45) is 0 Å². The van der Waals surface area contributed by atoms with E-state index in [1.54, 1.807) is 0 Å². The van der Waals surface area contributed by atoms with Crippen molar-refractivity contribution < 1.29 is 5.11 Å². The highest BCUT2D eigenvalue weighted by Gasteiger charge is 2.22. The molecule has 1 aromatic carbocycles. The largest absolute Gasteiger partial charge is 0.392 e. The van der Waals surface area contributed by atoms with E-state index in [9.17, 15) is 5.11 Å². The second kappa shape index (κ2) is 5.46. The van der Waals surface area contributed by atoms with Crippen molar-refractivity contribution in [3.05, 3.63) is 35.4 Å². The first kappa shape index (κ1) is 11.6. The molecular formula is C14H21NO. The smallest absolute Gasteiger partial charge is 0.0693 e. The first-order valence-electron chi connectivity index (χ1n) is 6.23. The van der Waals surface area contributed by atoms with Gasteiger partial charge in [-0.1, -0.05) is 37.1 Å². The van der Waals surface area contributed by atoms with Crippen LogP contribution in [0.4, 0.5) is 0 Å². The molecule has 1 aromatic rings. The molecule has 0 aliphatic heterocycles. The molecule has 0 bridgehead atoms. The lowest BCUT2D eigenvalue weighted by Crippen LogP contribution is -2.41. The van der Waals surface area contributed by atoms with Gasteiger partial charge >= 0.3 is 0 Å². The van der Waals surface area contributed by atoms with Gasteiger partial charge in [0, 0.05) is 12.6 Å². The minimum Gasteiger partial charge on any atom is -0.392 e. The van der Waals surface area contributed by atoms with Gasteiger partial charge in [-0.2, -0.15) is 0 Å². The minimum absolute atomic E-state index is 0.155. The van der Waals surface area contributed by atoms with Gasteiger partial charge in [0.2, 0.25) is 0 Å². The third kappa shape index (κ3) is 2.83. The van der Waals surface area contributed by atoms with Gasteiger partial charge in [-0.15, -0.1) is 0 Å². The van der Waals surface area contributed by atoms with Gasteiger partial charge in [0.05, 0.1) is 6.10 Å². The van der Waals surface area contributed by atoms with Crippen LogP contribution in [0.25, 0.3) is 0 Å². The molecule has 2 atom stereocenters. The summed E-state index contributed by atoms with van der Waals surface area (Å²) in [6, 6.07) is 8.70. The molecule has 2 nitrogen and oxygen atoms in total. The van der Waals surface area contributed by atoms with Gasteiger partial charge in [0.1, 0.15) is 0 Å². The van der Waals surface area contributed by atoms with Crippen molar-refractivity contribution in [3.63, 3.8) is 0 Å². The Morgan fingerprint density at radius 2 is 2.00 bits per heavy atom. The van der Waals surface area contributed by atoms with Crippen LogP contribution in [0.15, 0.2) is 24.3 Å². The number of hydrogen-bond acceptors (Lipinski definition) is 2. The lowest BCUT2D eigenvalue weighted by atomic mass is 9.92. The summed E-state index contributed by atoms with van der Waals surface area (Å²) in [5, 5.41) is 13.3. The maximum Gasteiger partial charge on any atom is 0.0693 e.